The summed E-state index contributed by atoms with van der Waals surface area (Å²) in [6, 6.07) is 7.81. The van der Waals surface area contributed by atoms with Crippen molar-refractivity contribution in [2.75, 3.05) is 0 Å². The molecule has 15 heavy (non-hydrogen) atoms. The zero-order chi connectivity index (χ0) is 10.3. The van der Waals surface area contributed by atoms with Crippen LogP contribution in [0.15, 0.2) is 30.5 Å². The van der Waals surface area contributed by atoms with Crippen LogP contribution in [0.2, 0.25) is 0 Å². The van der Waals surface area contributed by atoms with E-state index in [0.29, 0.717) is 6.04 Å². The fourth-order valence-corrected chi connectivity index (χ4v) is 2.65. The van der Waals surface area contributed by atoms with Crippen LogP contribution in [0.1, 0.15) is 31.7 Å². The van der Waals surface area contributed by atoms with Crippen LogP contribution in [0, 0.1) is 5.82 Å². The largest absolute Gasteiger partial charge is 0.344 e. The van der Waals surface area contributed by atoms with Crippen LogP contribution in [0.3, 0.4) is 0 Å². The van der Waals surface area contributed by atoms with Crippen molar-refractivity contribution in [3.05, 3.63) is 36.3 Å². The molecule has 0 saturated heterocycles. The zero-order valence-electron chi connectivity index (χ0n) is 8.62. The molecule has 1 aromatic heterocycles. The Kier molecular flexibility index (Phi) is 2.01. The Morgan fingerprint density at radius 1 is 1.13 bits per heavy atom. The number of halogens is 1. The van der Waals surface area contributed by atoms with Crippen molar-refractivity contribution in [3.63, 3.8) is 0 Å². The molecule has 0 spiro atoms. The topological polar surface area (TPSA) is 4.93 Å². The third-order valence-corrected chi connectivity index (χ3v) is 3.43. The fourth-order valence-electron chi connectivity index (χ4n) is 2.65. The van der Waals surface area contributed by atoms with E-state index in [0.717, 1.165) is 10.9 Å². The minimum Gasteiger partial charge on any atom is -0.344 e. The van der Waals surface area contributed by atoms with Gasteiger partial charge in [0.25, 0.3) is 0 Å². The van der Waals surface area contributed by atoms with Gasteiger partial charge in [-0.2, -0.15) is 0 Å². The maximum Gasteiger partial charge on any atom is 0.132 e. The van der Waals surface area contributed by atoms with Gasteiger partial charge in [-0.25, -0.2) is 4.39 Å². The van der Waals surface area contributed by atoms with Gasteiger partial charge in [-0.1, -0.05) is 18.9 Å². The first kappa shape index (κ1) is 8.96. The van der Waals surface area contributed by atoms with E-state index in [4.69, 9.17) is 0 Å². The highest BCUT2D eigenvalue weighted by Crippen LogP contribution is 2.33. The van der Waals surface area contributed by atoms with E-state index >= 15 is 0 Å². The van der Waals surface area contributed by atoms with Crippen LogP contribution >= 0.6 is 0 Å². The Morgan fingerprint density at radius 2 is 1.93 bits per heavy atom. The molecule has 1 aliphatic rings. The number of hydrogen-bond donors (Lipinski definition) is 0. The van der Waals surface area contributed by atoms with Crippen LogP contribution < -0.4 is 0 Å². The van der Waals surface area contributed by atoms with Crippen molar-refractivity contribution < 1.29 is 4.39 Å². The Balaban J connectivity index is 2.15. The molecule has 1 aromatic carbocycles. The molecule has 3 rings (SSSR count). The average molecular weight is 203 g/mol. The van der Waals surface area contributed by atoms with Crippen molar-refractivity contribution in [3.8, 4) is 0 Å². The number of hydrogen-bond acceptors (Lipinski definition) is 0. The van der Waals surface area contributed by atoms with Crippen molar-refractivity contribution in [2.45, 2.75) is 31.7 Å². The molecule has 1 saturated carbocycles. The number of benzene rings is 1. The van der Waals surface area contributed by atoms with Gasteiger partial charge in [0.2, 0.25) is 0 Å². The van der Waals surface area contributed by atoms with Gasteiger partial charge < -0.3 is 4.57 Å². The highest BCUT2D eigenvalue weighted by atomic mass is 19.1. The highest BCUT2D eigenvalue weighted by Gasteiger charge is 2.18. The van der Waals surface area contributed by atoms with E-state index in [1.54, 1.807) is 6.07 Å². The first-order chi connectivity index (χ1) is 7.36. The van der Waals surface area contributed by atoms with Crippen molar-refractivity contribution in [1.82, 2.24) is 4.57 Å². The maximum absolute atomic E-state index is 13.5. The van der Waals surface area contributed by atoms with Gasteiger partial charge in [-0.05, 0) is 31.0 Å². The second-order valence-electron chi connectivity index (χ2n) is 4.33. The minimum absolute atomic E-state index is 0.107. The summed E-state index contributed by atoms with van der Waals surface area (Å²) in [6.07, 6.45) is 7.11. The monoisotopic (exact) mass is 203 g/mol. The first-order valence-electron chi connectivity index (χ1n) is 5.61. The second kappa shape index (κ2) is 3.37. The Morgan fingerprint density at radius 3 is 2.73 bits per heavy atom. The molecule has 0 radical (unpaired) electrons. The third-order valence-electron chi connectivity index (χ3n) is 3.43. The van der Waals surface area contributed by atoms with E-state index in [2.05, 4.69) is 4.57 Å². The lowest BCUT2D eigenvalue weighted by Gasteiger charge is -2.13. The summed E-state index contributed by atoms with van der Waals surface area (Å²) in [4.78, 5) is 0. The molecule has 0 atom stereocenters. The Bertz CT molecular complexity index is 480. The van der Waals surface area contributed by atoms with Crippen molar-refractivity contribution in [2.24, 2.45) is 0 Å². The van der Waals surface area contributed by atoms with E-state index in [-0.39, 0.29) is 5.82 Å². The molecule has 0 amide bonds. The maximum atomic E-state index is 13.5. The van der Waals surface area contributed by atoms with Gasteiger partial charge in [0, 0.05) is 17.6 Å². The molecular weight excluding hydrogens is 189 g/mol. The number of aromatic nitrogens is 1. The average Bonchev–Trinajstić information content (AvgIpc) is 2.85. The second-order valence-corrected chi connectivity index (χ2v) is 4.33. The van der Waals surface area contributed by atoms with Gasteiger partial charge in [0.1, 0.15) is 5.82 Å². The summed E-state index contributed by atoms with van der Waals surface area (Å²) in [5, 5.41) is 0.754. The molecule has 0 unspecified atom stereocenters. The van der Waals surface area contributed by atoms with Crippen LogP contribution in [0.4, 0.5) is 4.39 Å². The van der Waals surface area contributed by atoms with E-state index in [9.17, 15) is 4.39 Å². The molecule has 2 aromatic rings. The standard InChI is InChI=1S/C13H14FN/c14-12-6-3-7-13-11(12)8-9-15(13)10-4-1-2-5-10/h3,6-10H,1-2,4-5H2. The molecule has 1 aliphatic carbocycles. The van der Waals surface area contributed by atoms with E-state index in [1.807, 2.05) is 18.3 Å². The van der Waals surface area contributed by atoms with Crippen molar-refractivity contribution in [1.29, 1.82) is 0 Å². The molecular formula is C13H14FN. The van der Waals surface area contributed by atoms with Crippen LogP contribution in [0.25, 0.3) is 10.9 Å². The number of rotatable bonds is 1. The Labute approximate surface area is 88.5 Å². The zero-order valence-corrected chi connectivity index (χ0v) is 8.62. The molecule has 0 aliphatic heterocycles. The fraction of sp³-hybridized carbons (Fsp3) is 0.385. The molecule has 78 valence electrons. The summed E-state index contributed by atoms with van der Waals surface area (Å²) >= 11 is 0. The highest BCUT2D eigenvalue weighted by molar-refractivity contribution is 5.80. The van der Waals surface area contributed by atoms with E-state index in [1.165, 1.54) is 31.7 Å². The Hall–Kier alpha value is -1.31. The summed E-state index contributed by atoms with van der Waals surface area (Å²) in [6.45, 7) is 0. The van der Waals surface area contributed by atoms with Gasteiger partial charge in [-0.15, -0.1) is 0 Å². The summed E-state index contributed by atoms with van der Waals surface area (Å²) < 4.78 is 15.7. The molecule has 1 nitrogen and oxygen atoms in total. The van der Waals surface area contributed by atoms with Crippen LogP contribution in [-0.2, 0) is 0 Å². The predicted molar refractivity (Wildman–Crippen MR) is 59.4 cm³/mol. The molecule has 0 N–H and O–H groups in total. The smallest absolute Gasteiger partial charge is 0.132 e. The lowest BCUT2D eigenvalue weighted by atomic mass is 10.2. The number of fused-ring (bicyclic) bond motifs is 1. The van der Waals surface area contributed by atoms with Gasteiger partial charge >= 0.3 is 0 Å². The summed E-state index contributed by atoms with van der Waals surface area (Å²) in [5.74, 6) is -0.107. The van der Waals surface area contributed by atoms with Crippen molar-refractivity contribution >= 4 is 10.9 Å². The summed E-state index contributed by atoms with van der Waals surface area (Å²) in [7, 11) is 0. The number of nitrogens with zero attached hydrogens (tertiary/aromatic N) is 1. The third kappa shape index (κ3) is 1.36. The lowest BCUT2D eigenvalue weighted by Crippen LogP contribution is -2.02. The summed E-state index contributed by atoms with van der Waals surface area (Å²) in [5.41, 5.74) is 1.04. The van der Waals surface area contributed by atoms with E-state index < -0.39 is 0 Å². The first-order valence-corrected chi connectivity index (χ1v) is 5.61. The molecule has 1 fully saturated rings. The quantitative estimate of drug-likeness (QED) is 0.662. The molecule has 1 heterocycles. The SMILES string of the molecule is Fc1cccc2c1ccn2C1CCCC1. The molecule has 2 heteroatoms. The minimum atomic E-state index is -0.107. The normalized spacial score (nSPS) is 17.7. The molecule has 0 bridgehead atoms. The van der Waals surface area contributed by atoms with Gasteiger partial charge in [0.05, 0.1) is 5.52 Å². The van der Waals surface area contributed by atoms with Crippen LogP contribution in [-0.4, -0.2) is 4.57 Å². The lowest BCUT2D eigenvalue weighted by molar-refractivity contribution is 0.535. The predicted octanol–water partition coefficient (Wildman–Crippen LogP) is 3.90. The van der Waals surface area contributed by atoms with Gasteiger partial charge in [0.15, 0.2) is 0 Å². The van der Waals surface area contributed by atoms with Crippen LogP contribution in [0.5, 0.6) is 0 Å². The van der Waals surface area contributed by atoms with Gasteiger partial charge in [-0.3, -0.25) is 0 Å².